The van der Waals surface area contributed by atoms with Crippen LogP contribution in [0.1, 0.15) is 60.8 Å². The molecule has 0 bridgehead atoms. The molecule has 0 aliphatic carbocycles. The van der Waals surface area contributed by atoms with Gasteiger partial charge in [-0.1, -0.05) is 0 Å². The molecule has 0 radical (unpaired) electrons. The molecule has 0 rings (SSSR count). The Morgan fingerprint density at radius 2 is 1.25 bits per heavy atom. The van der Waals surface area contributed by atoms with Crippen LogP contribution < -0.4 is 0 Å². The van der Waals surface area contributed by atoms with Gasteiger partial charge in [-0.3, -0.25) is 19.2 Å². The van der Waals surface area contributed by atoms with E-state index in [4.69, 9.17) is 9.47 Å². The van der Waals surface area contributed by atoms with Crippen LogP contribution in [0.15, 0.2) is 0 Å². The summed E-state index contributed by atoms with van der Waals surface area (Å²) in [6.45, 7) is 10.1. The second kappa shape index (κ2) is 8.80. The summed E-state index contributed by atoms with van der Waals surface area (Å²) in [6.07, 6.45) is -0.607. The number of hydrogen-bond donors (Lipinski definition) is 0. The molecule has 0 spiro atoms. The smallest absolute Gasteiger partial charge is 0.320 e. The van der Waals surface area contributed by atoms with E-state index in [1.165, 1.54) is 7.11 Å². The molecule has 7 nitrogen and oxygen atoms in total. The lowest BCUT2D eigenvalue weighted by atomic mass is 9.99. The van der Waals surface area contributed by atoms with Crippen molar-refractivity contribution < 1.29 is 33.4 Å². The van der Waals surface area contributed by atoms with E-state index >= 15 is 0 Å². The molecule has 0 amide bonds. The molecule has 138 valence electrons. The Morgan fingerprint density at radius 3 is 1.58 bits per heavy atom. The van der Waals surface area contributed by atoms with Crippen molar-refractivity contribution in [1.82, 2.24) is 0 Å². The van der Waals surface area contributed by atoms with Crippen molar-refractivity contribution in [2.45, 2.75) is 72.0 Å². The summed E-state index contributed by atoms with van der Waals surface area (Å²) >= 11 is 0. The van der Waals surface area contributed by atoms with E-state index in [1.54, 1.807) is 41.5 Å². The maximum Gasteiger partial charge on any atom is 0.320 e. The number of carbonyl (C=O) groups excluding carboxylic acids is 4. The van der Waals surface area contributed by atoms with Gasteiger partial charge >= 0.3 is 17.9 Å². The van der Waals surface area contributed by atoms with Crippen LogP contribution in [0.5, 0.6) is 0 Å². The van der Waals surface area contributed by atoms with Crippen LogP contribution in [-0.4, -0.2) is 42.0 Å². The molecule has 0 fully saturated rings. The molecule has 0 unspecified atom stereocenters. The summed E-state index contributed by atoms with van der Waals surface area (Å²) in [4.78, 5) is 47.3. The Hall–Kier alpha value is -1.92. The summed E-state index contributed by atoms with van der Waals surface area (Å²) < 4.78 is 14.9. The van der Waals surface area contributed by atoms with Gasteiger partial charge in [0, 0.05) is 6.42 Å². The number of rotatable bonds is 7. The average Bonchev–Trinajstić information content (AvgIpc) is 2.34. The third-order valence-electron chi connectivity index (χ3n) is 2.66. The average molecular weight is 344 g/mol. The lowest BCUT2D eigenvalue weighted by Crippen LogP contribution is -2.37. The van der Waals surface area contributed by atoms with Crippen molar-refractivity contribution in [1.29, 1.82) is 0 Å². The maximum absolute atomic E-state index is 12.3. The van der Waals surface area contributed by atoms with Crippen molar-refractivity contribution in [2.24, 2.45) is 5.92 Å². The van der Waals surface area contributed by atoms with Gasteiger partial charge in [0.25, 0.3) is 0 Å². The van der Waals surface area contributed by atoms with Crippen molar-refractivity contribution >= 4 is 23.7 Å². The largest absolute Gasteiger partial charge is 0.469 e. The molecule has 0 aromatic carbocycles. The zero-order valence-corrected chi connectivity index (χ0v) is 15.6. The lowest BCUT2D eigenvalue weighted by Gasteiger charge is -2.26. The van der Waals surface area contributed by atoms with Gasteiger partial charge in [0.1, 0.15) is 23.4 Å². The van der Waals surface area contributed by atoms with E-state index in [0.29, 0.717) is 0 Å². The lowest BCUT2D eigenvalue weighted by molar-refractivity contribution is -0.174. The number of methoxy groups -OCH3 is 1. The highest BCUT2D eigenvalue weighted by Gasteiger charge is 2.35. The first-order chi connectivity index (χ1) is 10.7. The Kier molecular flexibility index (Phi) is 8.10. The minimum Gasteiger partial charge on any atom is -0.469 e. The van der Waals surface area contributed by atoms with E-state index in [9.17, 15) is 19.2 Å². The molecule has 0 aromatic rings. The summed E-state index contributed by atoms with van der Waals surface area (Å²) in [7, 11) is 1.18. The van der Waals surface area contributed by atoms with Crippen molar-refractivity contribution in [3.63, 3.8) is 0 Å². The van der Waals surface area contributed by atoms with Gasteiger partial charge in [-0.05, 0) is 48.0 Å². The molecular weight excluding hydrogens is 316 g/mol. The molecule has 24 heavy (non-hydrogen) atoms. The van der Waals surface area contributed by atoms with Gasteiger partial charge in [0.05, 0.1) is 7.11 Å². The maximum atomic E-state index is 12.3. The predicted octanol–water partition coefficient (Wildman–Crippen LogP) is 2.20. The molecule has 7 heteroatoms. The van der Waals surface area contributed by atoms with Crippen LogP contribution >= 0.6 is 0 Å². The molecule has 0 N–H and O–H groups in total. The fourth-order valence-corrected chi connectivity index (χ4v) is 1.70. The van der Waals surface area contributed by atoms with Gasteiger partial charge in [-0.2, -0.15) is 0 Å². The molecule has 0 saturated heterocycles. The van der Waals surface area contributed by atoms with Gasteiger partial charge in [-0.15, -0.1) is 0 Å². The molecular formula is C17H28O7. The highest BCUT2D eigenvalue weighted by molar-refractivity contribution is 5.98. The third-order valence-corrected chi connectivity index (χ3v) is 2.66. The topological polar surface area (TPSA) is 96.0 Å². The van der Waals surface area contributed by atoms with E-state index in [0.717, 1.165) is 0 Å². The van der Waals surface area contributed by atoms with E-state index in [2.05, 4.69) is 4.74 Å². The van der Waals surface area contributed by atoms with E-state index < -0.39 is 47.2 Å². The van der Waals surface area contributed by atoms with Gasteiger partial charge in [0.2, 0.25) is 0 Å². The normalized spacial score (nSPS) is 11.8. The minimum atomic E-state index is -1.22. The molecule has 0 aliphatic rings. The van der Waals surface area contributed by atoms with Crippen LogP contribution in [0.3, 0.4) is 0 Å². The standard InChI is InChI=1S/C17H28O7/c1-16(2,3)23-14(20)12(15(21)24-17(4,5)6)9-8-11(18)10-13(19)22-7/h12H,8-10H2,1-7H3. The fourth-order valence-electron chi connectivity index (χ4n) is 1.70. The van der Waals surface area contributed by atoms with Crippen LogP contribution in [-0.2, 0) is 33.4 Å². The summed E-state index contributed by atoms with van der Waals surface area (Å²) in [5.74, 6) is -3.79. The first-order valence-electron chi connectivity index (χ1n) is 7.79. The quantitative estimate of drug-likeness (QED) is 0.397. The molecule has 0 saturated carbocycles. The van der Waals surface area contributed by atoms with Crippen LogP contribution in [0.4, 0.5) is 0 Å². The Morgan fingerprint density at radius 1 is 0.833 bits per heavy atom. The number of ketones is 1. The zero-order valence-electron chi connectivity index (χ0n) is 15.6. The number of Topliss-reactive ketones (excluding diaryl/α,β-unsaturated/α-hetero) is 1. The third kappa shape index (κ3) is 9.97. The Labute approximate surface area is 143 Å². The zero-order chi connectivity index (χ0) is 19.1. The van der Waals surface area contributed by atoms with Crippen LogP contribution in [0.2, 0.25) is 0 Å². The first kappa shape index (κ1) is 22.1. The van der Waals surface area contributed by atoms with Crippen LogP contribution in [0, 0.1) is 5.92 Å². The Balaban J connectivity index is 4.99. The van der Waals surface area contributed by atoms with Gasteiger partial charge < -0.3 is 14.2 Å². The van der Waals surface area contributed by atoms with Gasteiger partial charge in [-0.25, -0.2) is 0 Å². The highest BCUT2D eigenvalue weighted by atomic mass is 16.6. The monoisotopic (exact) mass is 344 g/mol. The fraction of sp³-hybridized carbons (Fsp3) is 0.765. The van der Waals surface area contributed by atoms with Crippen molar-refractivity contribution in [3.8, 4) is 0 Å². The number of carbonyl (C=O) groups is 4. The highest BCUT2D eigenvalue weighted by Crippen LogP contribution is 2.20. The second-order valence-corrected chi connectivity index (χ2v) is 7.45. The molecule has 0 aromatic heterocycles. The second-order valence-electron chi connectivity index (χ2n) is 7.45. The van der Waals surface area contributed by atoms with Crippen molar-refractivity contribution in [2.75, 3.05) is 7.11 Å². The summed E-state index contributed by atoms with van der Waals surface area (Å²) in [6, 6.07) is 0. The first-order valence-corrected chi connectivity index (χ1v) is 7.79. The summed E-state index contributed by atoms with van der Waals surface area (Å²) in [5.41, 5.74) is -1.54. The number of esters is 3. The minimum absolute atomic E-state index is 0.0837. The van der Waals surface area contributed by atoms with E-state index in [1.807, 2.05) is 0 Å². The van der Waals surface area contributed by atoms with Crippen molar-refractivity contribution in [3.05, 3.63) is 0 Å². The van der Waals surface area contributed by atoms with Crippen LogP contribution in [0.25, 0.3) is 0 Å². The predicted molar refractivity (Wildman–Crippen MR) is 86.1 cm³/mol. The summed E-state index contributed by atoms with van der Waals surface area (Å²) in [5, 5.41) is 0. The number of hydrogen-bond acceptors (Lipinski definition) is 7. The number of ether oxygens (including phenoxy) is 3. The molecule has 0 heterocycles. The molecule has 0 aliphatic heterocycles. The van der Waals surface area contributed by atoms with E-state index in [-0.39, 0.29) is 12.8 Å². The SMILES string of the molecule is COC(=O)CC(=O)CCC(C(=O)OC(C)(C)C)C(=O)OC(C)(C)C. The molecule has 0 atom stereocenters. The van der Waals surface area contributed by atoms with Gasteiger partial charge in [0.15, 0.2) is 5.92 Å². The Bertz CT molecular complexity index is 452.